The molecule has 3 rings (SSSR count). The van der Waals surface area contributed by atoms with Gasteiger partial charge in [0, 0.05) is 19.2 Å². The third-order valence-corrected chi connectivity index (χ3v) is 3.48. The fourth-order valence-corrected chi connectivity index (χ4v) is 2.43. The van der Waals surface area contributed by atoms with Crippen LogP contribution in [0.5, 0.6) is 0 Å². The van der Waals surface area contributed by atoms with E-state index in [9.17, 15) is 14.4 Å². The van der Waals surface area contributed by atoms with Gasteiger partial charge in [0.1, 0.15) is 5.60 Å². The second-order valence-corrected chi connectivity index (χ2v) is 6.52. The standard InChI is InChI=1S/C16H18N4O4/c1-16(2,3)24-15(23)20-6-4-11-12(20)8-10(9-17-11)19-7-5-13(21)18-14(19)22/h4,6,8-9H,5,7H2,1-3H3,(H,18,21,22). The molecule has 3 heterocycles. The van der Waals surface area contributed by atoms with E-state index in [1.807, 2.05) is 0 Å². The number of aromatic nitrogens is 2. The maximum absolute atomic E-state index is 12.3. The van der Waals surface area contributed by atoms with Crippen LogP contribution in [-0.4, -0.2) is 39.7 Å². The average Bonchev–Trinajstić information content (AvgIpc) is 2.88. The van der Waals surface area contributed by atoms with Gasteiger partial charge in [0.25, 0.3) is 0 Å². The first kappa shape index (κ1) is 16.0. The molecule has 0 unspecified atom stereocenters. The van der Waals surface area contributed by atoms with Crippen LogP contribution in [0.1, 0.15) is 27.2 Å². The zero-order chi connectivity index (χ0) is 17.5. The van der Waals surface area contributed by atoms with Crippen LogP contribution in [0.3, 0.4) is 0 Å². The predicted octanol–water partition coefficient (Wildman–Crippen LogP) is 2.27. The van der Waals surface area contributed by atoms with Crippen LogP contribution in [-0.2, 0) is 9.53 Å². The van der Waals surface area contributed by atoms with E-state index in [0.29, 0.717) is 16.7 Å². The Kier molecular flexibility index (Phi) is 3.75. The molecule has 126 valence electrons. The van der Waals surface area contributed by atoms with Crippen LogP contribution in [0.2, 0.25) is 0 Å². The Morgan fingerprint density at radius 3 is 2.75 bits per heavy atom. The first-order valence-electron chi connectivity index (χ1n) is 7.56. The highest BCUT2D eigenvalue weighted by Crippen LogP contribution is 2.23. The minimum atomic E-state index is -0.619. The van der Waals surface area contributed by atoms with E-state index < -0.39 is 17.7 Å². The van der Waals surface area contributed by atoms with Crippen molar-refractivity contribution in [3.63, 3.8) is 0 Å². The Bertz CT molecular complexity index is 834. The minimum absolute atomic E-state index is 0.219. The Hall–Kier alpha value is -2.90. The summed E-state index contributed by atoms with van der Waals surface area (Å²) in [6.07, 6.45) is 2.82. The van der Waals surface area contributed by atoms with Crippen molar-refractivity contribution in [3.05, 3.63) is 24.5 Å². The molecule has 0 aliphatic carbocycles. The molecule has 1 saturated heterocycles. The molecule has 1 N–H and O–H groups in total. The lowest BCUT2D eigenvalue weighted by molar-refractivity contribution is -0.120. The number of ether oxygens (including phenoxy) is 1. The maximum atomic E-state index is 12.3. The number of pyridine rings is 1. The number of amides is 3. The van der Waals surface area contributed by atoms with Crippen molar-refractivity contribution in [1.82, 2.24) is 14.9 Å². The van der Waals surface area contributed by atoms with Crippen LogP contribution in [0.15, 0.2) is 24.5 Å². The highest BCUT2D eigenvalue weighted by molar-refractivity contribution is 6.06. The molecule has 1 aliphatic rings. The van der Waals surface area contributed by atoms with E-state index in [4.69, 9.17) is 4.74 Å². The lowest BCUT2D eigenvalue weighted by Crippen LogP contribution is -2.49. The molecule has 8 nitrogen and oxygen atoms in total. The minimum Gasteiger partial charge on any atom is -0.443 e. The number of urea groups is 1. The summed E-state index contributed by atoms with van der Waals surface area (Å²) in [5.74, 6) is -0.303. The van der Waals surface area contributed by atoms with E-state index in [1.165, 1.54) is 15.7 Å². The molecule has 0 saturated carbocycles. The number of nitrogens with zero attached hydrogens (tertiary/aromatic N) is 3. The number of nitrogens with one attached hydrogen (secondary N) is 1. The summed E-state index contributed by atoms with van der Waals surface area (Å²) < 4.78 is 6.72. The number of imide groups is 1. The molecule has 8 heteroatoms. The molecule has 2 aromatic rings. The lowest BCUT2D eigenvalue weighted by Gasteiger charge is -2.26. The summed E-state index contributed by atoms with van der Waals surface area (Å²) in [7, 11) is 0. The van der Waals surface area contributed by atoms with Crippen molar-refractivity contribution in [1.29, 1.82) is 0 Å². The van der Waals surface area contributed by atoms with E-state index >= 15 is 0 Å². The molecular weight excluding hydrogens is 312 g/mol. The second kappa shape index (κ2) is 5.63. The molecular formula is C16H18N4O4. The number of carbonyl (C=O) groups is 3. The van der Waals surface area contributed by atoms with Crippen LogP contribution in [0.25, 0.3) is 11.0 Å². The van der Waals surface area contributed by atoms with Crippen LogP contribution >= 0.6 is 0 Å². The van der Waals surface area contributed by atoms with Gasteiger partial charge in [0.15, 0.2) is 0 Å². The van der Waals surface area contributed by atoms with Gasteiger partial charge in [-0.05, 0) is 32.9 Å². The van der Waals surface area contributed by atoms with Crippen molar-refractivity contribution in [3.8, 4) is 0 Å². The largest absolute Gasteiger partial charge is 0.443 e. The number of hydrogen-bond acceptors (Lipinski definition) is 5. The summed E-state index contributed by atoms with van der Waals surface area (Å²) in [5, 5.41) is 2.26. The lowest BCUT2D eigenvalue weighted by atomic mass is 10.2. The molecule has 0 radical (unpaired) electrons. The molecule has 0 spiro atoms. The fourth-order valence-electron chi connectivity index (χ4n) is 2.43. The number of hydrogen-bond donors (Lipinski definition) is 1. The Balaban J connectivity index is 1.95. The Labute approximate surface area is 138 Å². The highest BCUT2D eigenvalue weighted by Gasteiger charge is 2.25. The quantitative estimate of drug-likeness (QED) is 0.865. The first-order valence-corrected chi connectivity index (χ1v) is 7.56. The normalized spacial score (nSPS) is 15.5. The summed E-state index contributed by atoms with van der Waals surface area (Å²) >= 11 is 0. The van der Waals surface area contributed by atoms with Gasteiger partial charge < -0.3 is 4.74 Å². The van der Waals surface area contributed by atoms with Gasteiger partial charge in [0.05, 0.1) is 22.9 Å². The van der Waals surface area contributed by atoms with Crippen LogP contribution in [0.4, 0.5) is 15.3 Å². The number of fused-ring (bicyclic) bond motifs is 1. The number of carbonyl (C=O) groups excluding carboxylic acids is 3. The Morgan fingerprint density at radius 2 is 2.08 bits per heavy atom. The second-order valence-electron chi connectivity index (χ2n) is 6.52. The average molecular weight is 330 g/mol. The topological polar surface area (TPSA) is 93.5 Å². The van der Waals surface area contributed by atoms with Crippen molar-refractivity contribution < 1.29 is 19.1 Å². The predicted molar refractivity (Wildman–Crippen MR) is 86.9 cm³/mol. The number of anilines is 1. The van der Waals surface area contributed by atoms with E-state index in [0.717, 1.165) is 0 Å². The maximum Gasteiger partial charge on any atom is 0.419 e. The zero-order valence-electron chi connectivity index (χ0n) is 13.7. The molecule has 0 bridgehead atoms. The van der Waals surface area contributed by atoms with Gasteiger partial charge in [-0.25, -0.2) is 9.59 Å². The van der Waals surface area contributed by atoms with E-state index in [1.54, 1.807) is 39.1 Å². The SMILES string of the molecule is CC(C)(C)OC(=O)n1ccc2ncc(N3CCC(=O)NC3=O)cc21. The van der Waals surface area contributed by atoms with Crippen LogP contribution in [0, 0.1) is 0 Å². The zero-order valence-corrected chi connectivity index (χ0v) is 13.7. The monoisotopic (exact) mass is 330 g/mol. The first-order chi connectivity index (χ1) is 11.2. The molecule has 24 heavy (non-hydrogen) atoms. The van der Waals surface area contributed by atoms with Gasteiger partial charge >= 0.3 is 12.1 Å². The highest BCUT2D eigenvalue weighted by atomic mass is 16.6. The van der Waals surface area contributed by atoms with Crippen molar-refractivity contribution in [2.75, 3.05) is 11.4 Å². The smallest absolute Gasteiger partial charge is 0.419 e. The van der Waals surface area contributed by atoms with Gasteiger partial charge in [-0.2, -0.15) is 0 Å². The summed E-state index contributed by atoms with van der Waals surface area (Å²) in [6.45, 7) is 5.63. The van der Waals surface area contributed by atoms with Gasteiger partial charge in [-0.1, -0.05) is 0 Å². The fraction of sp³-hybridized carbons (Fsp3) is 0.375. The van der Waals surface area contributed by atoms with Gasteiger partial charge in [-0.15, -0.1) is 0 Å². The van der Waals surface area contributed by atoms with Crippen molar-refractivity contribution >= 4 is 34.8 Å². The number of rotatable bonds is 1. The molecule has 0 atom stereocenters. The van der Waals surface area contributed by atoms with Gasteiger partial charge in [-0.3, -0.25) is 24.6 Å². The van der Waals surface area contributed by atoms with Crippen molar-refractivity contribution in [2.24, 2.45) is 0 Å². The van der Waals surface area contributed by atoms with E-state index in [-0.39, 0.29) is 18.9 Å². The molecule has 3 amide bonds. The van der Waals surface area contributed by atoms with E-state index in [2.05, 4.69) is 10.3 Å². The Morgan fingerprint density at radius 1 is 1.33 bits per heavy atom. The summed E-state index contributed by atoms with van der Waals surface area (Å²) in [4.78, 5) is 41.2. The molecule has 1 aliphatic heterocycles. The van der Waals surface area contributed by atoms with Crippen molar-refractivity contribution in [2.45, 2.75) is 32.8 Å². The molecule has 0 aromatic carbocycles. The third-order valence-electron chi connectivity index (χ3n) is 3.48. The van der Waals surface area contributed by atoms with Gasteiger partial charge in [0.2, 0.25) is 5.91 Å². The van der Waals surface area contributed by atoms with Crippen LogP contribution < -0.4 is 10.2 Å². The summed E-state index contributed by atoms with van der Waals surface area (Å²) in [5.41, 5.74) is 1.03. The molecule has 1 fully saturated rings. The summed E-state index contributed by atoms with van der Waals surface area (Å²) in [6, 6.07) is 2.88. The molecule has 2 aromatic heterocycles. The third kappa shape index (κ3) is 3.08.